The first-order chi connectivity index (χ1) is 11.7. The summed E-state index contributed by atoms with van der Waals surface area (Å²) in [6, 6.07) is 10.4. The highest BCUT2D eigenvalue weighted by atomic mass is 16.5. The third-order valence-electron chi connectivity index (χ3n) is 4.24. The standard InChI is InChI=1S/C18H21N5O/c1-12-11-14-17(19-12)20-13(2)21-18(14)22-15-5-3-4-6-16(15)23-7-9-24-10-8-23/h3-6,11H,7-10H2,1-2H3,(H2,19,20,21,22). The Kier molecular flexibility index (Phi) is 3.82. The van der Waals surface area contributed by atoms with Crippen LogP contribution in [-0.4, -0.2) is 41.3 Å². The van der Waals surface area contributed by atoms with Gasteiger partial charge in [0.1, 0.15) is 17.3 Å². The molecule has 3 heterocycles. The number of hydrogen-bond acceptors (Lipinski definition) is 5. The lowest BCUT2D eigenvalue weighted by Crippen LogP contribution is -2.36. The van der Waals surface area contributed by atoms with E-state index in [0.717, 1.165) is 60.4 Å². The van der Waals surface area contributed by atoms with E-state index in [2.05, 4.69) is 49.4 Å². The molecule has 24 heavy (non-hydrogen) atoms. The van der Waals surface area contributed by atoms with Crippen molar-refractivity contribution in [2.45, 2.75) is 13.8 Å². The zero-order valence-electron chi connectivity index (χ0n) is 14.0. The summed E-state index contributed by atoms with van der Waals surface area (Å²) < 4.78 is 5.47. The summed E-state index contributed by atoms with van der Waals surface area (Å²) in [6.07, 6.45) is 0. The molecule has 1 saturated heterocycles. The van der Waals surface area contributed by atoms with Gasteiger partial charge in [-0.3, -0.25) is 0 Å². The van der Waals surface area contributed by atoms with Crippen LogP contribution in [0.1, 0.15) is 11.5 Å². The van der Waals surface area contributed by atoms with Gasteiger partial charge in [-0.2, -0.15) is 0 Å². The maximum Gasteiger partial charge on any atom is 0.143 e. The Balaban J connectivity index is 1.73. The second-order valence-electron chi connectivity index (χ2n) is 6.08. The van der Waals surface area contributed by atoms with Crippen molar-refractivity contribution in [1.29, 1.82) is 0 Å². The predicted molar refractivity (Wildman–Crippen MR) is 96.1 cm³/mol. The van der Waals surface area contributed by atoms with Crippen LogP contribution in [0.4, 0.5) is 17.2 Å². The molecule has 0 atom stereocenters. The summed E-state index contributed by atoms with van der Waals surface area (Å²) in [5.74, 6) is 1.58. The van der Waals surface area contributed by atoms with Crippen LogP contribution >= 0.6 is 0 Å². The van der Waals surface area contributed by atoms with Crippen LogP contribution in [0.15, 0.2) is 30.3 Å². The smallest absolute Gasteiger partial charge is 0.143 e. The van der Waals surface area contributed by atoms with Gasteiger partial charge in [-0.1, -0.05) is 12.1 Å². The number of rotatable bonds is 3. The van der Waals surface area contributed by atoms with Crippen molar-refractivity contribution in [3.05, 3.63) is 41.9 Å². The number of benzene rings is 1. The zero-order chi connectivity index (χ0) is 16.5. The van der Waals surface area contributed by atoms with Gasteiger partial charge in [0.05, 0.1) is 30.0 Å². The molecule has 2 N–H and O–H groups in total. The Bertz CT molecular complexity index is 867. The van der Waals surface area contributed by atoms with Crippen molar-refractivity contribution in [2.75, 3.05) is 36.5 Å². The van der Waals surface area contributed by atoms with Crippen molar-refractivity contribution < 1.29 is 4.74 Å². The number of aromatic nitrogens is 3. The lowest BCUT2D eigenvalue weighted by atomic mass is 10.2. The van der Waals surface area contributed by atoms with E-state index in [-0.39, 0.29) is 0 Å². The van der Waals surface area contributed by atoms with Crippen molar-refractivity contribution in [2.24, 2.45) is 0 Å². The average Bonchev–Trinajstić information content (AvgIpc) is 2.96. The van der Waals surface area contributed by atoms with E-state index in [1.807, 2.05) is 19.9 Å². The summed E-state index contributed by atoms with van der Waals surface area (Å²) in [6.45, 7) is 7.28. The summed E-state index contributed by atoms with van der Waals surface area (Å²) in [4.78, 5) is 14.7. The minimum Gasteiger partial charge on any atom is -0.378 e. The van der Waals surface area contributed by atoms with E-state index < -0.39 is 0 Å². The number of aromatic amines is 1. The molecule has 0 spiro atoms. The number of anilines is 3. The molecule has 3 aromatic rings. The first-order valence-corrected chi connectivity index (χ1v) is 8.23. The molecular formula is C18H21N5O. The molecule has 0 radical (unpaired) electrons. The molecule has 2 aromatic heterocycles. The molecular weight excluding hydrogens is 302 g/mol. The average molecular weight is 323 g/mol. The molecule has 0 bridgehead atoms. The number of nitrogens with zero attached hydrogens (tertiary/aromatic N) is 3. The van der Waals surface area contributed by atoms with Gasteiger partial charge in [0.25, 0.3) is 0 Å². The number of fused-ring (bicyclic) bond motifs is 1. The monoisotopic (exact) mass is 323 g/mol. The van der Waals surface area contributed by atoms with Crippen LogP contribution in [0, 0.1) is 13.8 Å². The van der Waals surface area contributed by atoms with Crippen LogP contribution in [0.3, 0.4) is 0 Å². The van der Waals surface area contributed by atoms with E-state index in [1.54, 1.807) is 0 Å². The van der Waals surface area contributed by atoms with Crippen molar-refractivity contribution in [3.8, 4) is 0 Å². The van der Waals surface area contributed by atoms with Crippen LogP contribution < -0.4 is 10.2 Å². The number of para-hydroxylation sites is 2. The minimum absolute atomic E-state index is 0.746. The topological polar surface area (TPSA) is 66.1 Å². The Labute approximate surface area is 140 Å². The zero-order valence-corrected chi connectivity index (χ0v) is 14.0. The summed E-state index contributed by atoms with van der Waals surface area (Å²) >= 11 is 0. The molecule has 124 valence electrons. The van der Waals surface area contributed by atoms with Crippen LogP contribution in [-0.2, 0) is 4.74 Å². The number of morpholine rings is 1. The fraction of sp³-hybridized carbons (Fsp3) is 0.333. The first-order valence-electron chi connectivity index (χ1n) is 8.23. The van der Waals surface area contributed by atoms with Gasteiger partial charge in [0.15, 0.2) is 0 Å². The Hall–Kier alpha value is -2.60. The van der Waals surface area contributed by atoms with Gasteiger partial charge in [0, 0.05) is 18.8 Å². The number of hydrogen-bond donors (Lipinski definition) is 2. The van der Waals surface area contributed by atoms with E-state index in [1.165, 1.54) is 5.69 Å². The van der Waals surface area contributed by atoms with Crippen molar-refractivity contribution in [3.63, 3.8) is 0 Å². The molecule has 6 nitrogen and oxygen atoms in total. The highest BCUT2D eigenvalue weighted by Gasteiger charge is 2.16. The van der Waals surface area contributed by atoms with E-state index in [9.17, 15) is 0 Å². The van der Waals surface area contributed by atoms with Crippen LogP contribution in [0.2, 0.25) is 0 Å². The molecule has 0 saturated carbocycles. The molecule has 1 aliphatic heterocycles. The summed E-state index contributed by atoms with van der Waals surface area (Å²) in [7, 11) is 0. The van der Waals surface area contributed by atoms with Gasteiger partial charge >= 0.3 is 0 Å². The van der Waals surface area contributed by atoms with Crippen LogP contribution in [0.5, 0.6) is 0 Å². The lowest BCUT2D eigenvalue weighted by Gasteiger charge is -2.30. The lowest BCUT2D eigenvalue weighted by molar-refractivity contribution is 0.123. The molecule has 1 fully saturated rings. The van der Waals surface area contributed by atoms with E-state index in [4.69, 9.17) is 4.74 Å². The minimum atomic E-state index is 0.746. The largest absolute Gasteiger partial charge is 0.378 e. The van der Waals surface area contributed by atoms with E-state index in [0.29, 0.717) is 0 Å². The SMILES string of the molecule is Cc1nc(Nc2ccccc2N2CCOCC2)c2cc(C)[nH]c2n1. The van der Waals surface area contributed by atoms with Gasteiger partial charge in [-0.05, 0) is 32.0 Å². The van der Waals surface area contributed by atoms with E-state index >= 15 is 0 Å². The Morgan fingerprint density at radius 1 is 1.12 bits per heavy atom. The Morgan fingerprint density at radius 3 is 2.75 bits per heavy atom. The molecule has 1 aliphatic rings. The highest BCUT2D eigenvalue weighted by molar-refractivity contribution is 5.91. The second kappa shape index (κ2) is 6.13. The summed E-state index contributed by atoms with van der Waals surface area (Å²) in [5, 5.41) is 4.52. The van der Waals surface area contributed by atoms with Gasteiger partial charge in [-0.25, -0.2) is 9.97 Å². The molecule has 4 rings (SSSR count). The van der Waals surface area contributed by atoms with Gasteiger partial charge in [0.2, 0.25) is 0 Å². The quantitative estimate of drug-likeness (QED) is 0.775. The second-order valence-corrected chi connectivity index (χ2v) is 6.08. The normalized spacial score (nSPS) is 15.0. The molecule has 1 aromatic carbocycles. The maximum absolute atomic E-state index is 5.47. The Morgan fingerprint density at radius 2 is 1.92 bits per heavy atom. The maximum atomic E-state index is 5.47. The molecule has 0 aliphatic carbocycles. The van der Waals surface area contributed by atoms with Gasteiger partial charge in [-0.15, -0.1) is 0 Å². The highest BCUT2D eigenvalue weighted by Crippen LogP contribution is 2.31. The van der Waals surface area contributed by atoms with Crippen LogP contribution in [0.25, 0.3) is 11.0 Å². The van der Waals surface area contributed by atoms with Crippen molar-refractivity contribution >= 4 is 28.2 Å². The van der Waals surface area contributed by atoms with Crippen molar-refractivity contribution in [1.82, 2.24) is 15.0 Å². The third kappa shape index (κ3) is 2.80. The molecule has 6 heteroatoms. The molecule has 0 unspecified atom stereocenters. The fourth-order valence-electron chi connectivity index (χ4n) is 3.13. The number of aryl methyl sites for hydroxylation is 2. The summed E-state index contributed by atoms with van der Waals surface area (Å²) in [5.41, 5.74) is 4.18. The number of H-pyrrole nitrogens is 1. The fourth-order valence-corrected chi connectivity index (χ4v) is 3.13. The number of ether oxygens (including phenoxy) is 1. The first kappa shape index (κ1) is 15.0. The third-order valence-corrected chi connectivity index (χ3v) is 4.24. The number of nitrogens with one attached hydrogen (secondary N) is 2. The van der Waals surface area contributed by atoms with Gasteiger partial charge < -0.3 is 19.9 Å². The predicted octanol–water partition coefficient (Wildman–Crippen LogP) is 3.15. The molecule has 0 amide bonds.